The maximum absolute atomic E-state index is 11.8. The minimum Gasteiger partial charge on any atom is -0.494 e. The summed E-state index contributed by atoms with van der Waals surface area (Å²) in [6, 6.07) is 13.8. The first-order valence-electron chi connectivity index (χ1n) is 11.5. The van der Waals surface area contributed by atoms with Gasteiger partial charge >= 0.3 is 0 Å². The fourth-order valence-corrected chi connectivity index (χ4v) is 5.97. The predicted octanol–water partition coefficient (Wildman–Crippen LogP) is 4.39. The smallest absolute Gasteiger partial charge is 0.229 e. The summed E-state index contributed by atoms with van der Waals surface area (Å²) in [7, 11) is -1.94. The molecule has 0 spiro atoms. The van der Waals surface area contributed by atoms with Gasteiger partial charge in [-0.05, 0) is 74.8 Å². The molecule has 8 nitrogen and oxygen atoms in total. The Hall–Kier alpha value is -3.11. The van der Waals surface area contributed by atoms with Crippen LogP contribution in [0.15, 0.2) is 48.7 Å². The number of hydrogen-bond acceptors (Lipinski definition) is 5. The maximum Gasteiger partial charge on any atom is 0.229 e. The van der Waals surface area contributed by atoms with Crippen LogP contribution in [0.25, 0.3) is 0 Å². The normalized spacial score (nSPS) is 20.1. The number of sulfonamides is 1. The van der Waals surface area contributed by atoms with E-state index in [2.05, 4.69) is 44.4 Å². The van der Waals surface area contributed by atoms with E-state index < -0.39 is 10.0 Å². The third-order valence-electron chi connectivity index (χ3n) is 6.61. The zero-order valence-corrected chi connectivity index (χ0v) is 21.8. The Morgan fingerprint density at radius 3 is 2.57 bits per heavy atom. The molecule has 0 amide bonds. The van der Waals surface area contributed by atoms with Crippen LogP contribution in [0.4, 0.5) is 11.4 Å². The van der Waals surface area contributed by atoms with E-state index in [4.69, 9.17) is 17.0 Å². The molecule has 0 unspecified atom stereocenters. The van der Waals surface area contributed by atoms with Crippen molar-refractivity contribution in [3.05, 3.63) is 71.3 Å². The molecule has 5 rings (SSSR count). The summed E-state index contributed by atoms with van der Waals surface area (Å²) in [6.45, 7) is 4.33. The molecule has 1 aliphatic carbocycles. The van der Waals surface area contributed by atoms with Gasteiger partial charge in [-0.3, -0.25) is 9.71 Å². The van der Waals surface area contributed by atoms with E-state index in [0.717, 1.165) is 17.6 Å². The number of thiocarbonyl (C=S) groups is 1. The summed E-state index contributed by atoms with van der Waals surface area (Å²) >= 11 is 5.85. The molecular formula is C25H29N5O3S2. The average Bonchev–Trinajstić information content (AvgIpc) is 3.52. The van der Waals surface area contributed by atoms with Crippen molar-refractivity contribution < 1.29 is 13.2 Å². The van der Waals surface area contributed by atoms with E-state index in [9.17, 15) is 8.42 Å². The number of hydrogen-bond donors (Lipinski definition) is 2. The summed E-state index contributed by atoms with van der Waals surface area (Å²) in [5.74, 6) is 0.416. The first-order valence-corrected chi connectivity index (χ1v) is 13.8. The zero-order valence-electron chi connectivity index (χ0n) is 20.1. The topological polar surface area (TPSA) is 88.5 Å². The minimum absolute atomic E-state index is 0.144. The molecule has 1 saturated carbocycles. The van der Waals surface area contributed by atoms with Gasteiger partial charge in [0.2, 0.25) is 10.0 Å². The molecule has 2 fully saturated rings. The van der Waals surface area contributed by atoms with Crippen LogP contribution in [0.2, 0.25) is 0 Å². The number of anilines is 2. The average molecular weight is 512 g/mol. The monoisotopic (exact) mass is 511 g/mol. The number of aromatic nitrogens is 2. The second kappa shape index (κ2) is 8.83. The molecule has 2 atom stereocenters. The van der Waals surface area contributed by atoms with Gasteiger partial charge in [0.1, 0.15) is 5.75 Å². The molecule has 2 N–H and O–H groups in total. The summed E-state index contributed by atoms with van der Waals surface area (Å²) in [5, 5.41) is 4.07. The van der Waals surface area contributed by atoms with Crippen LogP contribution in [0.5, 0.6) is 5.75 Å². The van der Waals surface area contributed by atoms with Crippen molar-refractivity contribution in [3.8, 4) is 5.75 Å². The summed E-state index contributed by atoms with van der Waals surface area (Å²) < 4.78 is 34.1. The number of pyridine rings is 1. The number of ether oxygens (including phenoxy) is 1. The second-order valence-electron chi connectivity index (χ2n) is 9.18. The van der Waals surface area contributed by atoms with Crippen LogP contribution in [0.1, 0.15) is 53.6 Å². The molecule has 1 aliphatic heterocycles. The van der Waals surface area contributed by atoms with Crippen molar-refractivity contribution in [3.63, 3.8) is 0 Å². The van der Waals surface area contributed by atoms with Crippen LogP contribution < -0.4 is 19.7 Å². The number of nitrogens with zero attached hydrogens (tertiary/aromatic N) is 3. The maximum atomic E-state index is 11.8. The van der Waals surface area contributed by atoms with Gasteiger partial charge in [-0.1, -0.05) is 6.07 Å². The van der Waals surface area contributed by atoms with Gasteiger partial charge in [0, 0.05) is 35.4 Å². The molecule has 0 bridgehead atoms. The fourth-order valence-electron chi connectivity index (χ4n) is 5.06. The van der Waals surface area contributed by atoms with E-state index in [1.807, 2.05) is 30.3 Å². The van der Waals surface area contributed by atoms with Crippen molar-refractivity contribution in [1.82, 2.24) is 14.9 Å². The molecule has 3 heterocycles. The molecule has 1 saturated heterocycles. The first kappa shape index (κ1) is 23.6. The number of aryl methyl sites for hydroxylation is 1. The van der Waals surface area contributed by atoms with Crippen molar-refractivity contribution in [2.24, 2.45) is 0 Å². The van der Waals surface area contributed by atoms with Gasteiger partial charge in [0.05, 0.1) is 36.8 Å². The lowest BCUT2D eigenvalue weighted by molar-refractivity contribution is 0.417. The second-order valence-corrected chi connectivity index (χ2v) is 11.3. The number of rotatable bonds is 7. The highest BCUT2D eigenvalue weighted by Gasteiger charge is 2.43. The lowest BCUT2D eigenvalue weighted by Gasteiger charge is -2.29. The lowest BCUT2D eigenvalue weighted by Crippen LogP contribution is -2.29. The standard InChI is InChI=1S/C25H29N5O3S2/c1-15-13-19(16(2)29(15)17-8-9-17)24-23(21-7-5-6-12-26-21)27-25(34)30(24)18-10-11-20(22(14-18)33-3)28-35(4,31)32/h5-7,10-14,17,23-24,28H,8-9H2,1-4H3,(H,27,34)/t23-,24+/m0/s1. The van der Waals surface area contributed by atoms with E-state index in [1.54, 1.807) is 12.3 Å². The Morgan fingerprint density at radius 2 is 1.94 bits per heavy atom. The van der Waals surface area contributed by atoms with Crippen molar-refractivity contribution in [2.45, 2.75) is 44.8 Å². The first-order chi connectivity index (χ1) is 16.7. The van der Waals surface area contributed by atoms with Crippen LogP contribution in [-0.4, -0.2) is 36.4 Å². The van der Waals surface area contributed by atoms with Crippen LogP contribution in [0, 0.1) is 13.8 Å². The van der Waals surface area contributed by atoms with Crippen LogP contribution in [0.3, 0.4) is 0 Å². The largest absolute Gasteiger partial charge is 0.494 e. The Bertz CT molecular complexity index is 1380. The molecule has 1 aromatic carbocycles. The highest BCUT2D eigenvalue weighted by Crippen LogP contribution is 2.47. The van der Waals surface area contributed by atoms with Gasteiger partial charge in [-0.2, -0.15) is 0 Å². The summed E-state index contributed by atoms with van der Waals surface area (Å²) in [6.07, 6.45) is 5.32. The molecule has 10 heteroatoms. The Labute approximate surface area is 211 Å². The van der Waals surface area contributed by atoms with Gasteiger partial charge in [0.25, 0.3) is 0 Å². The molecule has 184 valence electrons. The highest BCUT2D eigenvalue weighted by molar-refractivity contribution is 7.92. The molecule has 35 heavy (non-hydrogen) atoms. The van der Waals surface area contributed by atoms with E-state index >= 15 is 0 Å². The zero-order chi connectivity index (χ0) is 24.9. The third-order valence-corrected chi connectivity index (χ3v) is 7.52. The number of nitrogens with one attached hydrogen (secondary N) is 2. The van der Waals surface area contributed by atoms with Gasteiger partial charge in [-0.25, -0.2) is 8.42 Å². The molecule has 0 radical (unpaired) electrons. The fraction of sp³-hybridized carbons (Fsp3) is 0.360. The van der Waals surface area contributed by atoms with Crippen molar-refractivity contribution in [2.75, 3.05) is 23.0 Å². The van der Waals surface area contributed by atoms with Gasteiger partial charge < -0.3 is 19.5 Å². The summed E-state index contributed by atoms with van der Waals surface area (Å²) in [4.78, 5) is 6.72. The van der Waals surface area contributed by atoms with E-state index in [-0.39, 0.29) is 12.1 Å². The number of benzene rings is 1. The minimum atomic E-state index is -3.45. The summed E-state index contributed by atoms with van der Waals surface area (Å²) in [5.41, 5.74) is 5.74. The Morgan fingerprint density at radius 1 is 1.17 bits per heavy atom. The molecule has 2 aliphatic rings. The van der Waals surface area contributed by atoms with E-state index in [0.29, 0.717) is 22.6 Å². The van der Waals surface area contributed by atoms with Crippen molar-refractivity contribution >= 4 is 38.7 Å². The molecular weight excluding hydrogens is 482 g/mol. The van der Waals surface area contributed by atoms with Gasteiger partial charge in [-0.15, -0.1) is 0 Å². The van der Waals surface area contributed by atoms with Crippen LogP contribution in [-0.2, 0) is 10.0 Å². The molecule has 2 aromatic heterocycles. The SMILES string of the molecule is COc1cc(N2C(=S)N[C@@H](c3ccccn3)[C@H]2c2cc(C)n(C3CC3)c2C)ccc1NS(C)(=O)=O. The van der Waals surface area contributed by atoms with Crippen molar-refractivity contribution in [1.29, 1.82) is 0 Å². The Balaban J connectivity index is 1.63. The quantitative estimate of drug-likeness (QED) is 0.455. The third kappa shape index (κ3) is 4.48. The van der Waals surface area contributed by atoms with E-state index in [1.165, 1.54) is 36.9 Å². The lowest BCUT2D eigenvalue weighted by atomic mass is 9.96. The Kier molecular flexibility index (Phi) is 5.96. The molecule has 3 aromatic rings. The predicted molar refractivity (Wildman–Crippen MR) is 142 cm³/mol. The number of methoxy groups -OCH3 is 1. The highest BCUT2D eigenvalue weighted by atomic mass is 32.2. The van der Waals surface area contributed by atoms with Gasteiger partial charge in [0.15, 0.2) is 5.11 Å². The van der Waals surface area contributed by atoms with Crippen LogP contribution >= 0.6 is 12.2 Å².